The first-order valence-corrected chi connectivity index (χ1v) is 11.4. The van der Waals surface area contributed by atoms with Crippen molar-refractivity contribution in [3.8, 4) is 0 Å². The molecule has 6 nitrogen and oxygen atoms in total. The smallest absolute Gasteiger partial charge is 0.305 e. The summed E-state index contributed by atoms with van der Waals surface area (Å²) in [5.74, 6) is -0.364. The second-order valence-electron chi connectivity index (χ2n) is 10.4. The Morgan fingerprint density at radius 3 is 2.63 bits per heavy atom. The van der Waals surface area contributed by atoms with Crippen molar-refractivity contribution in [2.75, 3.05) is 6.61 Å². The molecular weight excluding hydrogens is 384 g/mol. The van der Waals surface area contributed by atoms with Crippen LogP contribution in [0, 0.1) is 28.6 Å². The number of rotatable bonds is 4. The molecule has 0 spiro atoms. The van der Waals surface area contributed by atoms with Crippen molar-refractivity contribution in [1.29, 1.82) is 0 Å². The molecule has 3 fully saturated rings. The molecular formula is C24H34O6. The van der Waals surface area contributed by atoms with Gasteiger partial charge in [-0.1, -0.05) is 26.3 Å². The molecule has 30 heavy (non-hydrogen) atoms. The van der Waals surface area contributed by atoms with E-state index in [0.717, 1.165) is 25.7 Å². The Morgan fingerprint density at radius 1 is 1.20 bits per heavy atom. The van der Waals surface area contributed by atoms with Gasteiger partial charge in [-0.15, -0.1) is 0 Å². The highest BCUT2D eigenvalue weighted by atomic mass is 16.5. The molecule has 0 aromatic heterocycles. The third kappa shape index (κ3) is 2.94. The lowest BCUT2D eigenvalue weighted by molar-refractivity contribution is -0.184. The summed E-state index contributed by atoms with van der Waals surface area (Å²) < 4.78 is 5.04. The number of carbonyl (C=O) groups excluding carboxylic acids is 3. The third-order valence-corrected chi connectivity index (χ3v) is 9.16. The minimum atomic E-state index is -1.59. The molecule has 6 heteroatoms. The molecule has 4 rings (SSSR count). The van der Waals surface area contributed by atoms with Crippen LogP contribution in [0.1, 0.15) is 72.1 Å². The largest absolute Gasteiger partial charge is 0.458 e. The molecule has 0 radical (unpaired) electrons. The molecule has 2 N–H and O–H groups in total. The van der Waals surface area contributed by atoms with Gasteiger partial charge in [-0.3, -0.25) is 14.4 Å². The molecule has 0 aromatic rings. The van der Waals surface area contributed by atoms with E-state index < -0.39 is 35.5 Å². The molecule has 4 unspecified atom stereocenters. The molecule has 4 aliphatic carbocycles. The normalized spacial score (nSPS) is 45.1. The van der Waals surface area contributed by atoms with E-state index in [0.29, 0.717) is 19.3 Å². The van der Waals surface area contributed by atoms with E-state index in [1.54, 1.807) is 13.0 Å². The van der Waals surface area contributed by atoms with Gasteiger partial charge in [-0.25, -0.2) is 0 Å². The van der Waals surface area contributed by atoms with E-state index in [9.17, 15) is 24.6 Å². The number of aliphatic hydroxyl groups is 2. The highest BCUT2D eigenvalue weighted by Crippen LogP contribution is 2.67. The van der Waals surface area contributed by atoms with Crippen molar-refractivity contribution in [3.05, 3.63) is 11.6 Å². The molecule has 0 bridgehead atoms. The minimum absolute atomic E-state index is 0.0408. The highest BCUT2D eigenvalue weighted by molar-refractivity contribution is 5.92. The summed E-state index contributed by atoms with van der Waals surface area (Å²) >= 11 is 0. The van der Waals surface area contributed by atoms with E-state index in [1.165, 1.54) is 5.57 Å². The number of ketones is 2. The number of esters is 1. The zero-order valence-corrected chi connectivity index (χ0v) is 18.3. The van der Waals surface area contributed by atoms with Gasteiger partial charge in [0.05, 0.1) is 6.10 Å². The molecule has 0 amide bonds. The van der Waals surface area contributed by atoms with Crippen molar-refractivity contribution in [3.63, 3.8) is 0 Å². The van der Waals surface area contributed by atoms with Gasteiger partial charge in [0.1, 0.15) is 5.60 Å². The van der Waals surface area contributed by atoms with Crippen LogP contribution in [-0.4, -0.2) is 46.1 Å². The van der Waals surface area contributed by atoms with Crippen LogP contribution in [0.15, 0.2) is 11.6 Å². The van der Waals surface area contributed by atoms with E-state index in [1.807, 2.05) is 6.92 Å². The topological polar surface area (TPSA) is 101 Å². The Kier molecular flexibility index (Phi) is 5.25. The summed E-state index contributed by atoms with van der Waals surface area (Å²) in [7, 11) is 0. The Hall–Kier alpha value is -1.53. The first-order chi connectivity index (χ1) is 14.1. The number of allylic oxidation sites excluding steroid dienone is 1. The number of carbonyl (C=O) groups is 3. The average molecular weight is 419 g/mol. The molecule has 166 valence electrons. The number of hydrogen-bond donors (Lipinski definition) is 2. The lowest BCUT2D eigenvalue weighted by Crippen LogP contribution is -2.62. The summed E-state index contributed by atoms with van der Waals surface area (Å²) in [4.78, 5) is 36.5. The van der Waals surface area contributed by atoms with Crippen LogP contribution in [0.25, 0.3) is 0 Å². The first kappa shape index (κ1) is 21.7. The quantitative estimate of drug-likeness (QED) is 0.681. The standard InChI is InChI=1S/C24H34O6/c1-4-20(28)30-13-19(27)24(29)10-8-17-16-6-5-14-11-15(25)7-9-22(14,2)21(16)18(26)12-23(17,24)3/h11,16-18,21,26,29H,4-10,12-13H2,1-3H3/t16?,17?,18?,21?,22-,23-,24-/m0/s1. The van der Waals surface area contributed by atoms with Gasteiger partial charge in [0.25, 0.3) is 0 Å². The fraction of sp³-hybridized carbons (Fsp3) is 0.792. The van der Waals surface area contributed by atoms with Crippen molar-refractivity contribution in [2.24, 2.45) is 28.6 Å². The lowest BCUT2D eigenvalue weighted by Gasteiger charge is -2.60. The summed E-state index contributed by atoms with van der Waals surface area (Å²) in [6, 6.07) is 0. The van der Waals surface area contributed by atoms with Crippen LogP contribution >= 0.6 is 0 Å². The third-order valence-electron chi connectivity index (χ3n) is 9.16. The van der Waals surface area contributed by atoms with Crippen molar-refractivity contribution < 1.29 is 29.3 Å². The maximum absolute atomic E-state index is 13.0. The highest BCUT2D eigenvalue weighted by Gasteiger charge is 2.68. The molecule has 0 aliphatic heterocycles. The van der Waals surface area contributed by atoms with Crippen LogP contribution in [0.4, 0.5) is 0 Å². The minimum Gasteiger partial charge on any atom is -0.458 e. The predicted octanol–water partition coefficient (Wildman–Crippen LogP) is 2.74. The van der Waals surface area contributed by atoms with Crippen LogP contribution in [0.5, 0.6) is 0 Å². The fourth-order valence-electron chi connectivity index (χ4n) is 7.52. The maximum Gasteiger partial charge on any atom is 0.305 e. The Labute approximate surface area is 178 Å². The zero-order chi connectivity index (χ0) is 21.9. The van der Waals surface area contributed by atoms with Gasteiger partial charge < -0.3 is 14.9 Å². The van der Waals surface area contributed by atoms with Crippen LogP contribution < -0.4 is 0 Å². The Balaban J connectivity index is 1.62. The average Bonchev–Trinajstić information content (AvgIpc) is 2.97. The Morgan fingerprint density at radius 2 is 1.93 bits per heavy atom. The Bertz CT molecular complexity index is 802. The zero-order valence-electron chi connectivity index (χ0n) is 18.3. The van der Waals surface area contributed by atoms with E-state index in [4.69, 9.17) is 4.74 Å². The van der Waals surface area contributed by atoms with E-state index in [-0.39, 0.29) is 35.4 Å². The number of aliphatic hydroxyl groups excluding tert-OH is 1. The van der Waals surface area contributed by atoms with Gasteiger partial charge in [0, 0.05) is 18.3 Å². The predicted molar refractivity (Wildman–Crippen MR) is 109 cm³/mol. The first-order valence-electron chi connectivity index (χ1n) is 11.4. The molecule has 0 heterocycles. The van der Waals surface area contributed by atoms with E-state index >= 15 is 0 Å². The number of Topliss-reactive ketones (excluding diaryl/α,β-unsaturated/α-hetero) is 1. The fourth-order valence-corrected chi connectivity index (χ4v) is 7.52. The summed E-state index contributed by atoms with van der Waals surface area (Å²) in [6.45, 7) is 5.37. The molecule has 0 aromatic carbocycles. The number of ether oxygens (including phenoxy) is 1. The second-order valence-corrected chi connectivity index (χ2v) is 10.4. The van der Waals surface area contributed by atoms with Gasteiger partial charge in [-0.05, 0) is 67.8 Å². The number of hydrogen-bond acceptors (Lipinski definition) is 6. The van der Waals surface area contributed by atoms with Crippen LogP contribution in [0.3, 0.4) is 0 Å². The van der Waals surface area contributed by atoms with Crippen molar-refractivity contribution in [2.45, 2.75) is 83.8 Å². The van der Waals surface area contributed by atoms with Crippen molar-refractivity contribution >= 4 is 17.5 Å². The monoisotopic (exact) mass is 418 g/mol. The van der Waals surface area contributed by atoms with Gasteiger partial charge in [0.2, 0.25) is 5.78 Å². The van der Waals surface area contributed by atoms with Gasteiger partial charge in [-0.2, -0.15) is 0 Å². The van der Waals surface area contributed by atoms with Crippen LogP contribution in [-0.2, 0) is 19.1 Å². The van der Waals surface area contributed by atoms with Crippen LogP contribution in [0.2, 0.25) is 0 Å². The van der Waals surface area contributed by atoms with Gasteiger partial charge >= 0.3 is 5.97 Å². The molecule has 4 aliphatic rings. The summed E-state index contributed by atoms with van der Waals surface area (Å²) in [5.41, 5.74) is -1.36. The summed E-state index contributed by atoms with van der Waals surface area (Å²) in [5, 5.41) is 22.9. The molecule has 0 saturated heterocycles. The number of fused-ring (bicyclic) bond motifs is 5. The second kappa shape index (κ2) is 7.27. The molecule has 3 saturated carbocycles. The summed E-state index contributed by atoms with van der Waals surface area (Å²) in [6.07, 6.45) is 5.73. The van der Waals surface area contributed by atoms with E-state index in [2.05, 4.69) is 6.92 Å². The SMILES string of the molecule is CCC(=O)OCC(=O)[C@@]1(O)CCC2C3CCC4=CC(=O)CC[C@]4(C)C3C(O)C[C@@]21C. The molecule has 7 atom stereocenters. The van der Waals surface area contributed by atoms with Crippen molar-refractivity contribution in [1.82, 2.24) is 0 Å². The van der Waals surface area contributed by atoms with Gasteiger partial charge in [0.15, 0.2) is 12.4 Å². The lowest BCUT2D eigenvalue weighted by atomic mass is 9.45. The maximum atomic E-state index is 13.0.